The Morgan fingerprint density at radius 1 is 1.46 bits per heavy atom. The molecule has 8 heteroatoms. The largest absolute Gasteiger partial charge is 0.497 e. The highest BCUT2D eigenvalue weighted by Gasteiger charge is 2.28. The molecule has 1 aliphatic heterocycles. The van der Waals surface area contributed by atoms with Crippen LogP contribution in [-0.2, 0) is 13.0 Å². The number of aryl methyl sites for hydroxylation is 1. The molecule has 136 valence electrons. The summed E-state index contributed by atoms with van der Waals surface area (Å²) >= 11 is 1.54. The zero-order valence-electron chi connectivity index (χ0n) is 15.0. The minimum absolute atomic E-state index is 0.00339. The molecule has 1 aliphatic rings. The van der Waals surface area contributed by atoms with Crippen LogP contribution in [0.5, 0.6) is 5.75 Å². The van der Waals surface area contributed by atoms with Gasteiger partial charge in [0.15, 0.2) is 0 Å². The fourth-order valence-electron chi connectivity index (χ4n) is 3.39. The molecule has 26 heavy (non-hydrogen) atoms. The predicted molar refractivity (Wildman–Crippen MR) is 99.7 cm³/mol. The quantitative estimate of drug-likeness (QED) is 0.768. The van der Waals surface area contributed by atoms with Gasteiger partial charge in [0.1, 0.15) is 10.8 Å². The van der Waals surface area contributed by atoms with Crippen LogP contribution in [0.3, 0.4) is 0 Å². The minimum Gasteiger partial charge on any atom is -0.497 e. The summed E-state index contributed by atoms with van der Waals surface area (Å²) in [4.78, 5) is 19.9. The van der Waals surface area contributed by atoms with Crippen molar-refractivity contribution in [2.75, 3.05) is 13.7 Å². The van der Waals surface area contributed by atoms with Crippen LogP contribution in [-0.4, -0.2) is 39.2 Å². The maximum Gasteiger partial charge on any atom is 0.318 e. The molecule has 4 rings (SSSR count). The molecule has 0 radical (unpaired) electrons. The van der Waals surface area contributed by atoms with E-state index >= 15 is 0 Å². The summed E-state index contributed by atoms with van der Waals surface area (Å²) < 4.78 is 7.08. The van der Waals surface area contributed by atoms with Crippen molar-refractivity contribution < 1.29 is 9.53 Å². The average molecular weight is 371 g/mol. The number of carbonyl (C=O) groups is 1. The van der Waals surface area contributed by atoms with Crippen molar-refractivity contribution in [2.24, 2.45) is 0 Å². The second-order valence-electron chi connectivity index (χ2n) is 6.42. The topological polar surface area (TPSA) is 71.8 Å². The second-order valence-corrected chi connectivity index (χ2v) is 7.58. The van der Waals surface area contributed by atoms with E-state index in [1.54, 1.807) is 11.6 Å². The monoisotopic (exact) mass is 371 g/mol. The average Bonchev–Trinajstić information content (AvgIpc) is 3.16. The SMILES string of the molecule is COc1ccc2c(c1)[C@@H](C)N(C(=O)NCc1cn3nc(C)sc3n1)CC2. The van der Waals surface area contributed by atoms with E-state index in [0.717, 1.165) is 33.4 Å². The molecule has 1 aromatic carbocycles. The molecule has 0 bridgehead atoms. The third-order valence-corrected chi connectivity index (χ3v) is 5.61. The Morgan fingerprint density at radius 3 is 3.08 bits per heavy atom. The fourth-order valence-corrected chi connectivity index (χ4v) is 4.14. The van der Waals surface area contributed by atoms with Gasteiger partial charge in [-0.25, -0.2) is 14.3 Å². The number of imidazole rings is 1. The number of rotatable bonds is 3. The number of hydrogen-bond acceptors (Lipinski definition) is 5. The molecule has 1 atom stereocenters. The van der Waals surface area contributed by atoms with E-state index in [0.29, 0.717) is 13.1 Å². The molecule has 2 amide bonds. The summed E-state index contributed by atoms with van der Waals surface area (Å²) in [6, 6.07) is 6.01. The molecule has 1 N–H and O–H groups in total. The number of ether oxygens (including phenoxy) is 1. The lowest BCUT2D eigenvalue weighted by atomic mass is 9.93. The summed E-state index contributed by atoms with van der Waals surface area (Å²) in [6.07, 6.45) is 2.71. The van der Waals surface area contributed by atoms with Crippen LogP contribution in [0.25, 0.3) is 4.96 Å². The number of amides is 2. The van der Waals surface area contributed by atoms with Crippen LogP contribution in [0, 0.1) is 6.92 Å². The Kier molecular flexibility index (Phi) is 4.28. The summed E-state index contributed by atoms with van der Waals surface area (Å²) in [6.45, 7) is 5.09. The van der Waals surface area contributed by atoms with Crippen LogP contribution in [0.15, 0.2) is 24.4 Å². The normalized spacial score (nSPS) is 16.6. The van der Waals surface area contributed by atoms with Crippen LogP contribution in [0.4, 0.5) is 4.79 Å². The third kappa shape index (κ3) is 3.01. The molecule has 0 saturated heterocycles. The number of nitrogens with zero attached hydrogens (tertiary/aromatic N) is 4. The van der Waals surface area contributed by atoms with E-state index in [9.17, 15) is 4.79 Å². The van der Waals surface area contributed by atoms with Crippen LogP contribution < -0.4 is 10.1 Å². The first-order valence-electron chi connectivity index (χ1n) is 8.58. The van der Waals surface area contributed by atoms with Gasteiger partial charge in [0, 0.05) is 6.54 Å². The van der Waals surface area contributed by atoms with Crippen molar-refractivity contribution in [3.8, 4) is 5.75 Å². The van der Waals surface area contributed by atoms with Gasteiger partial charge < -0.3 is 15.0 Å². The van der Waals surface area contributed by atoms with Crippen molar-refractivity contribution in [1.29, 1.82) is 0 Å². The molecule has 0 saturated carbocycles. The number of fused-ring (bicyclic) bond motifs is 2. The van der Waals surface area contributed by atoms with Crippen molar-refractivity contribution in [3.05, 3.63) is 46.2 Å². The molecule has 0 fully saturated rings. The fraction of sp³-hybridized carbons (Fsp3) is 0.389. The highest BCUT2D eigenvalue weighted by molar-refractivity contribution is 7.16. The lowest BCUT2D eigenvalue weighted by Gasteiger charge is -2.35. The molecule has 3 heterocycles. The Balaban J connectivity index is 1.44. The van der Waals surface area contributed by atoms with Crippen LogP contribution >= 0.6 is 11.3 Å². The van der Waals surface area contributed by atoms with Gasteiger partial charge in [-0.15, -0.1) is 0 Å². The highest BCUT2D eigenvalue weighted by atomic mass is 32.1. The van der Waals surface area contributed by atoms with Crippen LogP contribution in [0.1, 0.15) is 34.8 Å². The van der Waals surface area contributed by atoms with E-state index in [-0.39, 0.29) is 12.1 Å². The molecule has 3 aromatic rings. The Bertz CT molecular complexity index is 932. The van der Waals surface area contributed by atoms with Crippen molar-refractivity contribution in [2.45, 2.75) is 32.9 Å². The van der Waals surface area contributed by atoms with E-state index < -0.39 is 0 Å². The number of methoxy groups -OCH3 is 1. The Labute approximate surface area is 155 Å². The van der Waals surface area contributed by atoms with E-state index in [1.807, 2.05) is 30.2 Å². The van der Waals surface area contributed by atoms with Gasteiger partial charge >= 0.3 is 6.03 Å². The summed E-state index contributed by atoms with van der Waals surface area (Å²) in [5.41, 5.74) is 3.23. The van der Waals surface area contributed by atoms with E-state index in [2.05, 4.69) is 28.4 Å². The maximum atomic E-state index is 12.7. The lowest BCUT2D eigenvalue weighted by Crippen LogP contribution is -2.44. The number of urea groups is 1. The zero-order chi connectivity index (χ0) is 18.3. The van der Waals surface area contributed by atoms with Crippen molar-refractivity contribution >= 4 is 22.3 Å². The number of hydrogen-bond donors (Lipinski definition) is 1. The lowest BCUT2D eigenvalue weighted by molar-refractivity contribution is 0.174. The molecule has 7 nitrogen and oxygen atoms in total. The maximum absolute atomic E-state index is 12.7. The van der Waals surface area contributed by atoms with Gasteiger partial charge in [-0.1, -0.05) is 17.4 Å². The first kappa shape index (κ1) is 16.8. The van der Waals surface area contributed by atoms with E-state index in [4.69, 9.17) is 4.74 Å². The standard InChI is InChI=1S/C18H21N5O2S/c1-11-16-8-15(25-3)5-4-13(16)6-7-22(11)17(24)19-9-14-10-23-18(20-14)26-12(2)21-23/h4-5,8,10-11H,6-7,9H2,1-3H3,(H,19,24)/t11-/m1/s1. The highest BCUT2D eigenvalue weighted by Crippen LogP contribution is 2.32. The van der Waals surface area contributed by atoms with Crippen molar-refractivity contribution in [3.63, 3.8) is 0 Å². The number of benzene rings is 1. The van der Waals surface area contributed by atoms with Gasteiger partial charge in [0.2, 0.25) is 4.96 Å². The minimum atomic E-state index is -0.0773. The van der Waals surface area contributed by atoms with Gasteiger partial charge in [-0.05, 0) is 43.5 Å². The first-order chi connectivity index (χ1) is 12.5. The van der Waals surface area contributed by atoms with Gasteiger partial charge in [0.05, 0.1) is 31.6 Å². The second kappa shape index (κ2) is 6.60. The Hall–Kier alpha value is -2.61. The number of nitrogens with one attached hydrogen (secondary N) is 1. The summed E-state index contributed by atoms with van der Waals surface area (Å²) in [5.74, 6) is 0.818. The predicted octanol–water partition coefficient (Wildman–Crippen LogP) is 2.94. The molecule has 0 unspecified atom stereocenters. The van der Waals surface area contributed by atoms with Gasteiger partial charge in [-0.3, -0.25) is 0 Å². The number of carbonyl (C=O) groups excluding carboxylic acids is 1. The summed E-state index contributed by atoms with van der Waals surface area (Å²) in [5, 5.41) is 8.29. The molecule has 0 spiro atoms. The van der Waals surface area contributed by atoms with Gasteiger partial charge in [0.25, 0.3) is 0 Å². The Morgan fingerprint density at radius 2 is 2.31 bits per heavy atom. The molecule has 2 aromatic heterocycles. The smallest absolute Gasteiger partial charge is 0.318 e. The zero-order valence-corrected chi connectivity index (χ0v) is 15.8. The van der Waals surface area contributed by atoms with Gasteiger partial charge in [-0.2, -0.15) is 5.10 Å². The third-order valence-electron chi connectivity index (χ3n) is 4.77. The first-order valence-corrected chi connectivity index (χ1v) is 9.40. The van der Waals surface area contributed by atoms with E-state index in [1.165, 1.54) is 16.9 Å². The number of aromatic nitrogens is 3. The molecule has 0 aliphatic carbocycles. The molecular formula is C18H21N5O2S. The van der Waals surface area contributed by atoms with Crippen molar-refractivity contribution in [1.82, 2.24) is 24.8 Å². The summed E-state index contributed by atoms with van der Waals surface area (Å²) in [7, 11) is 1.66. The van der Waals surface area contributed by atoms with Crippen LogP contribution in [0.2, 0.25) is 0 Å². The molecular weight excluding hydrogens is 350 g/mol.